The minimum Gasteiger partial charge on any atom is -0.203 e. The van der Waals surface area contributed by atoms with E-state index >= 15 is 8.78 Å². The molecule has 0 radical (unpaired) electrons. The lowest BCUT2D eigenvalue weighted by molar-refractivity contribution is 0.156. The molecule has 0 spiro atoms. The van der Waals surface area contributed by atoms with Crippen molar-refractivity contribution in [1.29, 1.82) is 0 Å². The van der Waals surface area contributed by atoms with Crippen LogP contribution in [0.25, 0.3) is 22.3 Å². The summed E-state index contributed by atoms with van der Waals surface area (Å²) in [6, 6.07) is 13.2. The van der Waals surface area contributed by atoms with Crippen molar-refractivity contribution in [3.05, 3.63) is 82.9 Å². The predicted octanol–water partition coefficient (Wildman–Crippen LogP) is 11.8. The highest BCUT2D eigenvalue weighted by atomic mass is 19.2. The molecular formula is C37H44F4. The van der Waals surface area contributed by atoms with Gasteiger partial charge in [0.15, 0.2) is 23.3 Å². The summed E-state index contributed by atoms with van der Waals surface area (Å²) in [5.74, 6) is -0.749. The molecule has 0 nitrogen and oxygen atoms in total. The van der Waals surface area contributed by atoms with Gasteiger partial charge in [-0.25, -0.2) is 17.6 Å². The molecule has 3 aromatic rings. The van der Waals surface area contributed by atoms with Gasteiger partial charge in [0.25, 0.3) is 0 Å². The molecule has 0 bridgehead atoms. The maximum absolute atomic E-state index is 15.4. The van der Waals surface area contributed by atoms with Crippen LogP contribution in [0.15, 0.2) is 48.5 Å². The molecule has 0 aliphatic heterocycles. The zero-order valence-corrected chi connectivity index (χ0v) is 24.6. The Morgan fingerprint density at radius 3 is 1.66 bits per heavy atom. The van der Waals surface area contributed by atoms with E-state index in [1.165, 1.54) is 38.5 Å². The smallest absolute Gasteiger partial charge is 0.166 e. The SMILES string of the molecule is CCCCc1ccc(-c2ccc(-c3ccc(C4CCC(C5CCC(CCC)CC5)CC4)c(F)c3F)cc2)c(F)c1F. The van der Waals surface area contributed by atoms with Crippen LogP contribution >= 0.6 is 0 Å². The van der Waals surface area contributed by atoms with Crippen molar-refractivity contribution in [2.24, 2.45) is 17.8 Å². The van der Waals surface area contributed by atoms with Gasteiger partial charge in [0.05, 0.1) is 0 Å². The molecule has 0 heterocycles. The number of rotatable bonds is 9. The van der Waals surface area contributed by atoms with E-state index in [-0.39, 0.29) is 17.0 Å². The summed E-state index contributed by atoms with van der Waals surface area (Å²) in [5, 5.41) is 0. The summed E-state index contributed by atoms with van der Waals surface area (Å²) in [4.78, 5) is 0. The van der Waals surface area contributed by atoms with Crippen molar-refractivity contribution in [3.8, 4) is 22.3 Å². The Labute approximate surface area is 243 Å². The fraction of sp³-hybridized carbons (Fsp3) is 0.514. The van der Waals surface area contributed by atoms with Crippen LogP contribution in [0.3, 0.4) is 0 Å². The van der Waals surface area contributed by atoms with E-state index in [0.717, 1.165) is 56.3 Å². The quantitative estimate of drug-likeness (QED) is 0.227. The van der Waals surface area contributed by atoms with Crippen molar-refractivity contribution in [1.82, 2.24) is 0 Å². The lowest BCUT2D eigenvalue weighted by atomic mass is 9.68. The highest BCUT2D eigenvalue weighted by Crippen LogP contribution is 2.45. The molecule has 2 aliphatic carbocycles. The second kappa shape index (κ2) is 13.6. The van der Waals surface area contributed by atoms with Gasteiger partial charge in [0, 0.05) is 11.1 Å². The molecule has 0 unspecified atom stereocenters. The predicted molar refractivity (Wildman–Crippen MR) is 161 cm³/mol. The van der Waals surface area contributed by atoms with Crippen LogP contribution in [-0.4, -0.2) is 0 Å². The van der Waals surface area contributed by atoms with Gasteiger partial charge in [-0.1, -0.05) is 94.5 Å². The Hall–Kier alpha value is -2.62. The topological polar surface area (TPSA) is 0 Å². The molecule has 0 amide bonds. The summed E-state index contributed by atoms with van der Waals surface area (Å²) in [5.41, 5.74) is 2.25. The van der Waals surface area contributed by atoms with Gasteiger partial charge >= 0.3 is 0 Å². The van der Waals surface area contributed by atoms with Gasteiger partial charge < -0.3 is 0 Å². The van der Waals surface area contributed by atoms with Crippen LogP contribution in [0.2, 0.25) is 0 Å². The molecule has 0 aromatic heterocycles. The van der Waals surface area contributed by atoms with E-state index in [9.17, 15) is 8.78 Å². The van der Waals surface area contributed by atoms with Crippen molar-refractivity contribution in [3.63, 3.8) is 0 Å². The average molecular weight is 565 g/mol. The Kier molecular flexibility index (Phi) is 9.88. The lowest BCUT2D eigenvalue weighted by Gasteiger charge is -2.38. The molecular weight excluding hydrogens is 520 g/mol. The zero-order valence-electron chi connectivity index (χ0n) is 24.6. The summed E-state index contributed by atoms with van der Waals surface area (Å²) < 4.78 is 60.2. The largest absolute Gasteiger partial charge is 0.203 e. The van der Waals surface area contributed by atoms with Crippen LogP contribution in [0, 0.1) is 41.0 Å². The number of benzene rings is 3. The third kappa shape index (κ3) is 6.57. The number of hydrogen-bond acceptors (Lipinski definition) is 0. The van der Waals surface area contributed by atoms with E-state index < -0.39 is 23.3 Å². The summed E-state index contributed by atoms with van der Waals surface area (Å²) in [6.07, 6.45) is 14.3. The molecule has 3 aromatic carbocycles. The third-order valence-electron chi connectivity index (χ3n) is 10.0. The Bertz CT molecular complexity index is 1300. The second-order valence-corrected chi connectivity index (χ2v) is 12.6. The van der Waals surface area contributed by atoms with Crippen LogP contribution in [0.5, 0.6) is 0 Å². The number of aryl methyl sites for hydroxylation is 1. The first-order valence-electron chi connectivity index (χ1n) is 16.0. The first-order valence-corrected chi connectivity index (χ1v) is 16.0. The van der Waals surface area contributed by atoms with Crippen molar-refractivity contribution >= 4 is 0 Å². The van der Waals surface area contributed by atoms with Gasteiger partial charge in [0.1, 0.15) is 0 Å². The highest BCUT2D eigenvalue weighted by Gasteiger charge is 2.32. The van der Waals surface area contributed by atoms with Crippen molar-refractivity contribution < 1.29 is 17.6 Å². The molecule has 0 N–H and O–H groups in total. The minimum atomic E-state index is -0.869. The van der Waals surface area contributed by atoms with Crippen molar-refractivity contribution in [2.75, 3.05) is 0 Å². The molecule has 2 fully saturated rings. The molecule has 4 heteroatoms. The van der Waals surface area contributed by atoms with E-state index in [1.807, 2.05) is 6.92 Å². The fourth-order valence-electron chi connectivity index (χ4n) is 7.56. The van der Waals surface area contributed by atoms with Gasteiger partial charge in [0.2, 0.25) is 0 Å². The van der Waals surface area contributed by atoms with Gasteiger partial charge in [-0.05, 0) is 97.3 Å². The normalized spacial score (nSPS) is 23.1. The summed E-state index contributed by atoms with van der Waals surface area (Å²) >= 11 is 0. The average Bonchev–Trinajstić information content (AvgIpc) is 3.00. The molecule has 220 valence electrons. The second-order valence-electron chi connectivity index (χ2n) is 12.6. The molecule has 41 heavy (non-hydrogen) atoms. The third-order valence-corrected chi connectivity index (χ3v) is 10.0. The van der Waals surface area contributed by atoms with Gasteiger partial charge in [-0.15, -0.1) is 0 Å². The Morgan fingerprint density at radius 1 is 0.561 bits per heavy atom. The molecule has 0 atom stereocenters. The number of halogens is 4. The van der Waals surface area contributed by atoms with E-state index in [2.05, 4.69) is 6.92 Å². The van der Waals surface area contributed by atoms with Gasteiger partial charge in [-0.2, -0.15) is 0 Å². The highest BCUT2D eigenvalue weighted by molar-refractivity contribution is 5.71. The summed E-state index contributed by atoms with van der Waals surface area (Å²) in [6.45, 7) is 4.29. The maximum Gasteiger partial charge on any atom is 0.166 e. The zero-order chi connectivity index (χ0) is 28.9. The Morgan fingerprint density at radius 2 is 1.10 bits per heavy atom. The van der Waals surface area contributed by atoms with Crippen molar-refractivity contribution in [2.45, 2.75) is 103 Å². The first-order chi connectivity index (χ1) is 19.9. The minimum absolute atomic E-state index is 0.0618. The monoisotopic (exact) mass is 564 g/mol. The van der Waals surface area contributed by atoms with E-state index in [4.69, 9.17) is 0 Å². The van der Waals surface area contributed by atoms with Gasteiger partial charge in [-0.3, -0.25) is 0 Å². The number of hydrogen-bond donors (Lipinski definition) is 0. The molecule has 2 aliphatic rings. The standard InChI is InChI=1S/C37H44F4/c1-3-5-7-30-20-21-31(35(39)34(30)38)28-16-18-29(19-17-28)33-23-22-32(36(40)37(33)41)27-14-12-26(13-15-27)25-10-8-24(6-4-2)9-11-25/h16-27H,3-15H2,1-2H3. The first kappa shape index (κ1) is 29.9. The summed E-state index contributed by atoms with van der Waals surface area (Å²) in [7, 11) is 0. The van der Waals surface area contributed by atoms with Crippen LogP contribution in [0.4, 0.5) is 17.6 Å². The maximum atomic E-state index is 15.4. The Balaban J connectivity index is 1.25. The van der Waals surface area contributed by atoms with Crippen LogP contribution in [0.1, 0.15) is 108 Å². The van der Waals surface area contributed by atoms with E-state index in [1.54, 1.807) is 48.5 Å². The van der Waals surface area contributed by atoms with E-state index in [0.29, 0.717) is 28.7 Å². The molecule has 5 rings (SSSR count). The van der Waals surface area contributed by atoms with Crippen LogP contribution in [-0.2, 0) is 6.42 Å². The molecule has 0 saturated heterocycles. The lowest BCUT2D eigenvalue weighted by Crippen LogP contribution is -2.25. The number of unbranched alkanes of at least 4 members (excludes halogenated alkanes) is 1. The molecule has 2 saturated carbocycles. The fourth-order valence-corrected chi connectivity index (χ4v) is 7.56. The van der Waals surface area contributed by atoms with Crippen LogP contribution < -0.4 is 0 Å².